The van der Waals surface area contributed by atoms with Gasteiger partial charge in [0.25, 0.3) is 6.43 Å². The van der Waals surface area contributed by atoms with Crippen LogP contribution in [0.1, 0.15) is 12.1 Å². The number of aromatic amines is 1. The summed E-state index contributed by atoms with van der Waals surface area (Å²) in [6, 6.07) is 12.4. The van der Waals surface area contributed by atoms with Gasteiger partial charge in [-0.2, -0.15) is 5.10 Å². The fourth-order valence-corrected chi connectivity index (χ4v) is 3.25. The zero-order valence-electron chi connectivity index (χ0n) is 13.0. The van der Waals surface area contributed by atoms with Crippen LogP contribution in [0.25, 0.3) is 22.4 Å². The van der Waals surface area contributed by atoms with Gasteiger partial charge in [0, 0.05) is 22.4 Å². The highest BCUT2D eigenvalue weighted by Gasteiger charge is 2.23. The first-order valence-corrected chi connectivity index (χ1v) is 9.47. The molecule has 4 nitrogen and oxygen atoms in total. The van der Waals surface area contributed by atoms with Gasteiger partial charge in [-0.05, 0) is 29.8 Å². The third-order valence-corrected chi connectivity index (χ3v) is 5.08. The molecule has 130 valence electrons. The van der Waals surface area contributed by atoms with Crippen LogP contribution in [0.5, 0.6) is 0 Å². The van der Waals surface area contributed by atoms with Crippen LogP contribution < -0.4 is 0 Å². The van der Waals surface area contributed by atoms with Crippen molar-refractivity contribution in [2.75, 3.05) is 6.26 Å². The minimum Gasteiger partial charge on any atom is -0.275 e. The first-order chi connectivity index (χ1) is 11.8. The molecule has 1 N–H and O–H groups in total. The monoisotopic (exact) mass is 382 g/mol. The lowest BCUT2D eigenvalue weighted by atomic mass is 9.99. The van der Waals surface area contributed by atoms with E-state index in [0.29, 0.717) is 21.8 Å². The molecule has 0 bridgehead atoms. The average molecular weight is 383 g/mol. The molecule has 0 radical (unpaired) electrons. The van der Waals surface area contributed by atoms with Gasteiger partial charge in [-0.15, -0.1) is 0 Å². The smallest absolute Gasteiger partial charge is 0.275 e. The van der Waals surface area contributed by atoms with Gasteiger partial charge in [-0.3, -0.25) is 5.10 Å². The SMILES string of the molecule is CS(=O)(=O)c1ccc(-c2n[nH]c(C(F)F)c2-c2ccc(Cl)cc2)cc1. The molecule has 0 spiro atoms. The Bertz CT molecular complexity index is 998. The lowest BCUT2D eigenvalue weighted by Crippen LogP contribution is -1.96. The molecule has 0 aliphatic rings. The van der Waals surface area contributed by atoms with Gasteiger partial charge in [0.1, 0.15) is 11.4 Å². The second kappa shape index (κ2) is 6.57. The maximum absolute atomic E-state index is 13.4. The van der Waals surface area contributed by atoms with Crippen molar-refractivity contribution in [2.24, 2.45) is 0 Å². The molecule has 0 saturated carbocycles. The van der Waals surface area contributed by atoms with Crippen LogP contribution >= 0.6 is 11.6 Å². The fourth-order valence-electron chi connectivity index (χ4n) is 2.49. The topological polar surface area (TPSA) is 62.8 Å². The van der Waals surface area contributed by atoms with Crippen molar-refractivity contribution >= 4 is 21.4 Å². The van der Waals surface area contributed by atoms with E-state index < -0.39 is 16.3 Å². The molecule has 0 saturated heterocycles. The van der Waals surface area contributed by atoms with Crippen molar-refractivity contribution in [3.05, 3.63) is 59.2 Å². The highest BCUT2D eigenvalue weighted by atomic mass is 35.5. The number of alkyl halides is 2. The molecule has 2 aromatic carbocycles. The predicted octanol–water partition coefficient (Wildman–Crippen LogP) is 4.74. The van der Waals surface area contributed by atoms with E-state index in [2.05, 4.69) is 10.2 Å². The Kier molecular flexibility index (Phi) is 4.62. The van der Waals surface area contributed by atoms with Crippen molar-refractivity contribution in [1.29, 1.82) is 0 Å². The minimum absolute atomic E-state index is 0.147. The Morgan fingerprint density at radius 3 is 2.08 bits per heavy atom. The van der Waals surface area contributed by atoms with E-state index in [9.17, 15) is 17.2 Å². The Morgan fingerprint density at radius 1 is 1.00 bits per heavy atom. The fraction of sp³-hybridized carbons (Fsp3) is 0.118. The Hall–Kier alpha value is -2.25. The Balaban J connectivity index is 2.15. The second-order valence-corrected chi connectivity index (χ2v) is 7.92. The summed E-state index contributed by atoms with van der Waals surface area (Å²) in [7, 11) is -3.34. The van der Waals surface area contributed by atoms with E-state index in [1.165, 1.54) is 12.1 Å². The maximum Gasteiger partial charge on any atom is 0.280 e. The second-order valence-electron chi connectivity index (χ2n) is 5.47. The largest absolute Gasteiger partial charge is 0.280 e. The van der Waals surface area contributed by atoms with Gasteiger partial charge in [0.2, 0.25) is 0 Å². The number of hydrogen-bond donors (Lipinski definition) is 1. The van der Waals surface area contributed by atoms with Crippen molar-refractivity contribution in [1.82, 2.24) is 10.2 Å². The molecular weight excluding hydrogens is 370 g/mol. The zero-order valence-corrected chi connectivity index (χ0v) is 14.6. The number of sulfone groups is 1. The van der Waals surface area contributed by atoms with Crippen molar-refractivity contribution in [3.63, 3.8) is 0 Å². The molecule has 0 unspecified atom stereocenters. The molecule has 0 atom stereocenters. The minimum atomic E-state index is -3.34. The normalized spacial score (nSPS) is 11.9. The molecule has 8 heteroatoms. The standard InChI is InChI=1S/C17H13ClF2N2O2S/c1-25(23,24)13-8-4-11(5-9-13)15-14(16(17(19)20)22-21-15)10-2-6-12(18)7-3-10/h2-9,17H,1H3,(H,21,22). The number of nitrogens with one attached hydrogen (secondary N) is 1. The van der Waals surface area contributed by atoms with Crippen LogP contribution in [-0.2, 0) is 9.84 Å². The van der Waals surface area contributed by atoms with E-state index in [1.54, 1.807) is 36.4 Å². The van der Waals surface area contributed by atoms with E-state index in [0.717, 1.165) is 6.26 Å². The molecule has 1 heterocycles. The van der Waals surface area contributed by atoms with Gasteiger partial charge in [-0.25, -0.2) is 17.2 Å². The van der Waals surface area contributed by atoms with Gasteiger partial charge in [0.15, 0.2) is 9.84 Å². The first kappa shape index (κ1) is 17.6. The summed E-state index contributed by atoms with van der Waals surface area (Å²) in [5.74, 6) is 0. The molecule has 3 rings (SSSR count). The van der Waals surface area contributed by atoms with Gasteiger partial charge in [0.05, 0.1) is 4.90 Å². The molecule has 3 aromatic rings. The Labute approximate surface area is 148 Å². The lowest BCUT2D eigenvalue weighted by molar-refractivity contribution is 0.146. The molecule has 0 amide bonds. The van der Waals surface area contributed by atoms with Crippen LogP contribution in [0, 0.1) is 0 Å². The molecule has 0 aliphatic heterocycles. The summed E-state index contributed by atoms with van der Waals surface area (Å²) in [5.41, 5.74) is 1.34. The Morgan fingerprint density at radius 2 is 1.56 bits per heavy atom. The van der Waals surface area contributed by atoms with Crippen LogP contribution in [-0.4, -0.2) is 24.9 Å². The van der Waals surface area contributed by atoms with Crippen molar-refractivity contribution in [3.8, 4) is 22.4 Å². The maximum atomic E-state index is 13.4. The highest BCUT2D eigenvalue weighted by Crippen LogP contribution is 2.38. The van der Waals surface area contributed by atoms with Gasteiger partial charge >= 0.3 is 0 Å². The summed E-state index contributed by atoms with van der Waals surface area (Å²) >= 11 is 5.86. The molecular formula is C17H13ClF2N2O2S. The number of rotatable bonds is 4. The van der Waals surface area contributed by atoms with Crippen LogP contribution in [0.3, 0.4) is 0 Å². The third kappa shape index (κ3) is 3.57. The summed E-state index contributed by atoms with van der Waals surface area (Å²) < 4.78 is 49.9. The zero-order chi connectivity index (χ0) is 18.2. The van der Waals surface area contributed by atoms with Crippen LogP contribution in [0.15, 0.2) is 53.4 Å². The quantitative estimate of drug-likeness (QED) is 0.709. The number of halogens is 3. The van der Waals surface area contributed by atoms with E-state index >= 15 is 0 Å². The van der Waals surface area contributed by atoms with E-state index in [-0.39, 0.29) is 16.2 Å². The van der Waals surface area contributed by atoms with Crippen LogP contribution in [0.4, 0.5) is 8.78 Å². The number of aromatic nitrogens is 2. The average Bonchev–Trinajstić information content (AvgIpc) is 3.00. The number of nitrogens with zero attached hydrogens (tertiary/aromatic N) is 1. The molecule has 1 aromatic heterocycles. The summed E-state index contributed by atoms with van der Waals surface area (Å²) in [6.45, 7) is 0. The third-order valence-electron chi connectivity index (χ3n) is 3.70. The number of H-pyrrole nitrogens is 1. The molecule has 0 fully saturated rings. The lowest BCUT2D eigenvalue weighted by Gasteiger charge is -2.07. The number of hydrogen-bond acceptors (Lipinski definition) is 3. The predicted molar refractivity (Wildman–Crippen MR) is 92.5 cm³/mol. The highest BCUT2D eigenvalue weighted by molar-refractivity contribution is 7.90. The summed E-state index contributed by atoms with van der Waals surface area (Å²) in [5, 5.41) is 6.88. The first-order valence-electron chi connectivity index (χ1n) is 7.20. The van der Waals surface area contributed by atoms with E-state index in [1.807, 2.05) is 0 Å². The summed E-state index contributed by atoms with van der Waals surface area (Å²) in [6.07, 6.45) is -1.63. The number of benzene rings is 2. The van der Waals surface area contributed by atoms with Crippen molar-refractivity contribution in [2.45, 2.75) is 11.3 Å². The summed E-state index contributed by atoms with van der Waals surface area (Å²) in [4.78, 5) is 0.147. The molecule has 25 heavy (non-hydrogen) atoms. The molecule has 0 aliphatic carbocycles. The van der Waals surface area contributed by atoms with Crippen LogP contribution in [0.2, 0.25) is 5.02 Å². The van der Waals surface area contributed by atoms with E-state index in [4.69, 9.17) is 11.6 Å². The van der Waals surface area contributed by atoms with Gasteiger partial charge in [-0.1, -0.05) is 35.9 Å². The van der Waals surface area contributed by atoms with Gasteiger partial charge < -0.3 is 0 Å². The van der Waals surface area contributed by atoms with Crippen molar-refractivity contribution < 1.29 is 17.2 Å².